The number of hydrogen-bond donors (Lipinski definition) is 2. The van der Waals surface area contributed by atoms with Crippen molar-refractivity contribution in [2.45, 2.75) is 0 Å². The Morgan fingerprint density at radius 3 is 2.82 bits per heavy atom. The topological polar surface area (TPSA) is 118 Å². The average Bonchev–Trinajstić information content (AvgIpc) is 2.50. The van der Waals surface area contributed by atoms with Gasteiger partial charge in [-0.15, -0.1) is 0 Å². The highest BCUT2D eigenvalue weighted by atomic mass is 35.5. The number of benzene rings is 1. The number of carbonyl (C=O) groups excluding carboxylic acids is 1. The molecule has 1 heterocycles. The third-order valence-electron chi connectivity index (χ3n) is 2.55. The van der Waals surface area contributed by atoms with Gasteiger partial charge in [0, 0.05) is 16.7 Å². The summed E-state index contributed by atoms with van der Waals surface area (Å²) in [5.41, 5.74) is 2.26. The van der Waals surface area contributed by atoms with Crippen molar-refractivity contribution in [2.24, 2.45) is 5.10 Å². The molecule has 2 rings (SSSR count). The van der Waals surface area contributed by atoms with Gasteiger partial charge in [-0.05, 0) is 24.3 Å². The van der Waals surface area contributed by atoms with Crippen LogP contribution in [0, 0.1) is 10.1 Å². The molecule has 8 nitrogen and oxygen atoms in total. The fraction of sp³-hybridized carbons (Fsp3) is 0. The third-order valence-corrected chi connectivity index (χ3v) is 2.79. The summed E-state index contributed by atoms with van der Waals surface area (Å²) in [5.74, 6) is -0.691. The van der Waals surface area contributed by atoms with Gasteiger partial charge in [-0.1, -0.05) is 11.6 Å². The molecule has 2 aromatic rings. The molecule has 0 saturated heterocycles. The molecular weight excluding hydrogens is 312 g/mol. The predicted molar refractivity (Wildman–Crippen MR) is 79.1 cm³/mol. The van der Waals surface area contributed by atoms with E-state index in [0.29, 0.717) is 10.6 Å². The molecule has 0 saturated carbocycles. The first kappa shape index (κ1) is 15.4. The van der Waals surface area contributed by atoms with Crippen LogP contribution in [0.1, 0.15) is 16.1 Å². The summed E-state index contributed by atoms with van der Waals surface area (Å²) < 4.78 is 0. The van der Waals surface area contributed by atoms with Gasteiger partial charge < -0.3 is 5.11 Å². The minimum atomic E-state index is -0.646. The predicted octanol–water partition coefficient (Wildman–Crippen LogP) is 2.11. The molecule has 0 aliphatic rings. The Kier molecular flexibility index (Phi) is 4.64. The van der Waals surface area contributed by atoms with Gasteiger partial charge in [-0.2, -0.15) is 5.10 Å². The number of aromatic hydroxyl groups is 1. The minimum Gasteiger partial charge on any atom is -0.507 e. The Morgan fingerprint density at radius 1 is 1.41 bits per heavy atom. The molecule has 0 aliphatic carbocycles. The zero-order valence-corrected chi connectivity index (χ0v) is 11.7. The van der Waals surface area contributed by atoms with Crippen molar-refractivity contribution in [3.05, 3.63) is 62.9 Å². The zero-order chi connectivity index (χ0) is 16.1. The van der Waals surface area contributed by atoms with Gasteiger partial charge in [-0.25, -0.2) is 10.4 Å². The lowest BCUT2D eigenvalue weighted by Crippen LogP contribution is -2.18. The number of nitrogens with one attached hydrogen (secondary N) is 1. The van der Waals surface area contributed by atoms with Crippen LogP contribution in [-0.4, -0.2) is 27.1 Å². The highest BCUT2D eigenvalue weighted by Gasteiger charge is 2.10. The van der Waals surface area contributed by atoms with Crippen LogP contribution in [0.2, 0.25) is 5.02 Å². The first-order chi connectivity index (χ1) is 10.5. The maximum atomic E-state index is 11.7. The molecule has 0 fully saturated rings. The Bertz CT molecular complexity index is 746. The van der Waals surface area contributed by atoms with Gasteiger partial charge in [0.05, 0.1) is 11.1 Å². The molecule has 112 valence electrons. The number of nitrogens with zero attached hydrogens (tertiary/aromatic N) is 3. The number of aromatic nitrogens is 1. The summed E-state index contributed by atoms with van der Waals surface area (Å²) in [6.45, 7) is 0. The molecular formula is C13H9ClN4O4. The number of hydrazone groups is 1. The number of phenolic OH excluding ortho intramolecular Hbond substituents is 1. The van der Waals surface area contributed by atoms with Crippen LogP contribution in [0.4, 0.5) is 5.69 Å². The summed E-state index contributed by atoms with van der Waals surface area (Å²) >= 11 is 5.77. The van der Waals surface area contributed by atoms with Crippen molar-refractivity contribution in [1.29, 1.82) is 0 Å². The van der Waals surface area contributed by atoms with E-state index in [1.54, 1.807) is 0 Å². The summed E-state index contributed by atoms with van der Waals surface area (Å²) in [6, 6.07) is 6.74. The Hall–Kier alpha value is -3.00. The van der Waals surface area contributed by atoms with Gasteiger partial charge in [0.25, 0.3) is 11.6 Å². The van der Waals surface area contributed by atoms with E-state index in [9.17, 15) is 20.0 Å². The van der Waals surface area contributed by atoms with Crippen molar-refractivity contribution >= 4 is 29.4 Å². The van der Waals surface area contributed by atoms with E-state index in [4.69, 9.17) is 11.6 Å². The van der Waals surface area contributed by atoms with E-state index in [0.717, 1.165) is 12.3 Å². The van der Waals surface area contributed by atoms with Gasteiger partial charge in [0.15, 0.2) is 0 Å². The number of amides is 1. The van der Waals surface area contributed by atoms with Crippen LogP contribution >= 0.6 is 11.6 Å². The van der Waals surface area contributed by atoms with E-state index in [1.807, 2.05) is 0 Å². The number of halogens is 1. The van der Waals surface area contributed by atoms with Crippen molar-refractivity contribution in [2.75, 3.05) is 0 Å². The lowest BCUT2D eigenvalue weighted by atomic mass is 10.2. The Balaban J connectivity index is 2.04. The Morgan fingerprint density at radius 2 is 2.18 bits per heavy atom. The van der Waals surface area contributed by atoms with Crippen molar-refractivity contribution in [3.8, 4) is 5.75 Å². The zero-order valence-electron chi connectivity index (χ0n) is 10.9. The van der Waals surface area contributed by atoms with Crippen molar-refractivity contribution in [3.63, 3.8) is 0 Å². The number of hydrogen-bond acceptors (Lipinski definition) is 6. The smallest absolute Gasteiger partial charge is 0.289 e. The molecule has 9 heteroatoms. The maximum Gasteiger partial charge on any atom is 0.289 e. The van der Waals surface area contributed by atoms with E-state index < -0.39 is 10.8 Å². The number of nitro groups is 1. The number of carbonyl (C=O) groups is 1. The SMILES string of the molecule is O=C(NN=Cc1cc(Cl)ccc1O)c1ccc([N+](=O)[O-])cn1. The van der Waals surface area contributed by atoms with Crippen molar-refractivity contribution in [1.82, 2.24) is 10.4 Å². The first-order valence-electron chi connectivity index (χ1n) is 5.90. The maximum absolute atomic E-state index is 11.7. The van der Waals surface area contributed by atoms with Crippen LogP contribution in [0.15, 0.2) is 41.6 Å². The molecule has 0 aliphatic heterocycles. The normalized spacial score (nSPS) is 10.6. The summed E-state index contributed by atoms with van der Waals surface area (Å²) in [4.78, 5) is 25.2. The second-order valence-corrected chi connectivity index (χ2v) is 4.50. The minimum absolute atomic E-state index is 0.0296. The second kappa shape index (κ2) is 6.64. The van der Waals surface area contributed by atoms with Crippen molar-refractivity contribution < 1.29 is 14.8 Å². The van der Waals surface area contributed by atoms with Gasteiger partial charge in [0.1, 0.15) is 17.6 Å². The molecule has 0 spiro atoms. The van der Waals surface area contributed by atoms with Gasteiger partial charge >= 0.3 is 0 Å². The van der Waals surface area contributed by atoms with Gasteiger partial charge in [-0.3, -0.25) is 14.9 Å². The van der Waals surface area contributed by atoms with E-state index in [-0.39, 0.29) is 17.1 Å². The monoisotopic (exact) mass is 320 g/mol. The van der Waals surface area contributed by atoms with E-state index in [2.05, 4.69) is 15.5 Å². The number of pyridine rings is 1. The molecule has 1 aromatic heterocycles. The number of phenols is 1. The third kappa shape index (κ3) is 3.76. The van der Waals surface area contributed by atoms with Gasteiger partial charge in [0.2, 0.25) is 0 Å². The fourth-order valence-corrected chi connectivity index (χ4v) is 1.66. The second-order valence-electron chi connectivity index (χ2n) is 4.06. The molecule has 0 radical (unpaired) electrons. The lowest BCUT2D eigenvalue weighted by Gasteiger charge is -2.00. The largest absolute Gasteiger partial charge is 0.507 e. The highest BCUT2D eigenvalue weighted by Crippen LogP contribution is 2.19. The summed E-state index contributed by atoms with van der Waals surface area (Å²) in [6.07, 6.45) is 2.19. The first-order valence-corrected chi connectivity index (χ1v) is 6.27. The molecule has 2 N–H and O–H groups in total. The van der Waals surface area contributed by atoms with Crippen LogP contribution in [-0.2, 0) is 0 Å². The number of rotatable bonds is 4. The van der Waals surface area contributed by atoms with Crippen LogP contribution in [0.5, 0.6) is 5.75 Å². The van der Waals surface area contributed by atoms with Crippen LogP contribution in [0.3, 0.4) is 0 Å². The van der Waals surface area contributed by atoms with E-state index in [1.165, 1.54) is 30.5 Å². The quantitative estimate of drug-likeness (QED) is 0.508. The fourth-order valence-electron chi connectivity index (χ4n) is 1.47. The van der Waals surface area contributed by atoms with Crippen LogP contribution in [0.25, 0.3) is 0 Å². The molecule has 0 bridgehead atoms. The summed E-state index contributed by atoms with van der Waals surface area (Å²) in [7, 11) is 0. The molecule has 0 atom stereocenters. The Labute approximate surface area is 129 Å². The van der Waals surface area contributed by atoms with Crippen LogP contribution < -0.4 is 5.43 Å². The molecule has 0 unspecified atom stereocenters. The summed E-state index contributed by atoms with van der Waals surface area (Å²) in [5, 5.41) is 24.1. The molecule has 22 heavy (non-hydrogen) atoms. The highest BCUT2D eigenvalue weighted by molar-refractivity contribution is 6.30. The average molecular weight is 321 g/mol. The molecule has 1 amide bonds. The van der Waals surface area contributed by atoms with E-state index >= 15 is 0 Å². The molecule has 1 aromatic carbocycles. The standard InChI is InChI=1S/C13H9ClN4O4/c14-9-1-4-12(19)8(5-9)6-16-17-13(20)11-3-2-10(7-15-11)18(21)22/h1-7,19H,(H,17,20). The lowest BCUT2D eigenvalue weighted by molar-refractivity contribution is -0.385.